The van der Waals surface area contributed by atoms with Crippen LogP contribution >= 0.6 is 0 Å². The second-order valence-corrected chi connectivity index (χ2v) is 3.73. The van der Waals surface area contributed by atoms with Gasteiger partial charge in [-0.05, 0) is 6.07 Å². The highest BCUT2D eigenvalue weighted by molar-refractivity contribution is 5.53. The summed E-state index contributed by atoms with van der Waals surface area (Å²) in [5.74, 6) is 0. The number of nitro benzene ring substituents is 2. The molecule has 0 saturated carbocycles. The van der Waals surface area contributed by atoms with Crippen LogP contribution in [-0.2, 0) is 0 Å². The molecule has 0 fully saturated rings. The molecule has 96 valence electrons. The summed E-state index contributed by atoms with van der Waals surface area (Å²) in [5.41, 5.74) is 5.55. The summed E-state index contributed by atoms with van der Waals surface area (Å²) in [6.45, 7) is 0. The Hall–Kier alpha value is -3.03. The van der Waals surface area contributed by atoms with Gasteiger partial charge in [0.15, 0.2) is 12.4 Å². The Morgan fingerprint density at radius 2 is 1.84 bits per heavy atom. The van der Waals surface area contributed by atoms with Gasteiger partial charge in [-0.15, -0.1) is 0 Å². The zero-order chi connectivity index (χ0) is 14.0. The molecule has 1 heterocycles. The number of nitro groups is 2. The molecule has 8 nitrogen and oxygen atoms in total. The van der Waals surface area contributed by atoms with E-state index < -0.39 is 9.85 Å². The smallest absolute Gasteiger partial charge is 0.347 e. The van der Waals surface area contributed by atoms with Gasteiger partial charge in [-0.2, -0.15) is 4.57 Å². The Labute approximate surface area is 107 Å². The average molecular weight is 261 g/mol. The van der Waals surface area contributed by atoms with Crippen molar-refractivity contribution in [2.45, 2.75) is 0 Å². The van der Waals surface area contributed by atoms with E-state index in [-0.39, 0.29) is 17.1 Å². The van der Waals surface area contributed by atoms with Gasteiger partial charge < -0.3 is 5.73 Å². The monoisotopic (exact) mass is 261 g/mol. The van der Waals surface area contributed by atoms with Gasteiger partial charge in [-0.1, -0.05) is 0 Å². The topological polar surface area (TPSA) is 116 Å². The highest BCUT2D eigenvalue weighted by Gasteiger charge is 2.26. The van der Waals surface area contributed by atoms with E-state index in [0.717, 1.165) is 6.07 Å². The zero-order valence-electron chi connectivity index (χ0n) is 9.59. The maximum Gasteiger partial charge on any atom is 0.347 e. The molecule has 19 heavy (non-hydrogen) atoms. The lowest BCUT2D eigenvalue weighted by Gasteiger charge is -1.98. The number of nitrogen functional groups attached to an aromatic ring is 1. The fraction of sp³-hybridized carbons (Fsp3) is 0. The van der Waals surface area contributed by atoms with E-state index in [1.807, 2.05) is 0 Å². The van der Waals surface area contributed by atoms with Gasteiger partial charge in [-0.3, -0.25) is 20.2 Å². The molecule has 0 spiro atoms. The summed E-state index contributed by atoms with van der Waals surface area (Å²) in [6.07, 6.45) is 3.07. The average Bonchev–Trinajstić information content (AvgIpc) is 2.37. The number of non-ortho nitro benzene ring substituents is 1. The third-order valence-corrected chi connectivity index (χ3v) is 2.47. The molecule has 0 unspecified atom stereocenters. The maximum absolute atomic E-state index is 11.0. The minimum atomic E-state index is -0.680. The van der Waals surface area contributed by atoms with E-state index in [1.165, 1.54) is 22.9 Å². The quantitative estimate of drug-likeness (QED) is 0.508. The van der Waals surface area contributed by atoms with Crippen molar-refractivity contribution >= 4 is 17.1 Å². The fourth-order valence-electron chi connectivity index (χ4n) is 1.63. The number of nitrogens with zero attached hydrogens (tertiary/aromatic N) is 3. The van der Waals surface area contributed by atoms with E-state index in [1.54, 1.807) is 18.3 Å². The van der Waals surface area contributed by atoms with E-state index in [4.69, 9.17) is 5.73 Å². The minimum absolute atomic E-state index is 0.211. The molecule has 2 N–H and O–H groups in total. The SMILES string of the molecule is Nc1ccc[n+](-c2ccc([N+](=O)[O-])cc2[N+](=O)[O-])c1. The molecule has 0 amide bonds. The fourth-order valence-corrected chi connectivity index (χ4v) is 1.63. The van der Waals surface area contributed by atoms with Crippen LogP contribution in [0.4, 0.5) is 17.1 Å². The number of aromatic nitrogens is 1. The van der Waals surface area contributed by atoms with Crippen molar-refractivity contribution in [1.82, 2.24) is 0 Å². The van der Waals surface area contributed by atoms with Gasteiger partial charge in [0.05, 0.1) is 15.5 Å². The van der Waals surface area contributed by atoms with Crippen LogP contribution in [0.1, 0.15) is 0 Å². The lowest BCUT2D eigenvalue weighted by Crippen LogP contribution is -2.30. The van der Waals surface area contributed by atoms with Gasteiger partial charge in [0.2, 0.25) is 0 Å². The summed E-state index contributed by atoms with van der Waals surface area (Å²) in [4.78, 5) is 20.3. The molecule has 0 atom stereocenters. The molecule has 0 aliphatic carbocycles. The molecule has 1 aromatic carbocycles. The third-order valence-electron chi connectivity index (χ3n) is 2.47. The first kappa shape index (κ1) is 12.4. The van der Waals surface area contributed by atoms with Crippen LogP contribution < -0.4 is 10.3 Å². The molecule has 0 bridgehead atoms. The first-order valence-electron chi connectivity index (χ1n) is 5.19. The second-order valence-electron chi connectivity index (χ2n) is 3.73. The number of nitrogens with two attached hydrogens (primary N) is 1. The van der Waals surface area contributed by atoms with Crippen molar-refractivity contribution < 1.29 is 14.4 Å². The van der Waals surface area contributed by atoms with Crippen LogP contribution in [0, 0.1) is 20.2 Å². The van der Waals surface area contributed by atoms with Crippen LogP contribution in [0.15, 0.2) is 42.7 Å². The van der Waals surface area contributed by atoms with E-state index in [2.05, 4.69) is 0 Å². The second kappa shape index (κ2) is 4.69. The number of benzene rings is 1. The summed E-state index contributed by atoms with van der Waals surface area (Å²) >= 11 is 0. The minimum Gasteiger partial charge on any atom is -0.394 e. The van der Waals surface area contributed by atoms with E-state index in [0.29, 0.717) is 5.69 Å². The first-order chi connectivity index (χ1) is 8.99. The Morgan fingerprint density at radius 3 is 2.42 bits per heavy atom. The molecular formula is C11H9N4O4+. The molecule has 8 heteroatoms. The van der Waals surface area contributed by atoms with Crippen LogP contribution in [0.5, 0.6) is 0 Å². The molecule has 0 aliphatic heterocycles. The zero-order valence-corrected chi connectivity index (χ0v) is 9.59. The van der Waals surface area contributed by atoms with Gasteiger partial charge in [0.25, 0.3) is 11.4 Å². The van der Waals surface area contributed by atoms with Crippen molar-refractivity contribution in [3.63, 3.8) is 0 Å². The van der Waals surface area contributed by atoms with Crippen molar-refractivity contribution in [2.24, 2.45) is 0 Å². The Morgan fingerprint density at radius 1 is 1.11 bits per heavy atom. The van der Waals surface area contributed by atoms with Crippen LogP contribution in [0.25, 0.3) is 5.69 Å². The molecule has 0 radical (unpaired) electrons. The Kier molecular flexibility index (Phi) is 3.06. The first-order valence-corrected chi connectivity index (χ1v) is 5.19. The molecule has 2 rings (SSSR count). The highest BCUT2D eigenvalue weighted by Crippen LogP contribution is 2.24. The van der Waals surface area contributed by atoms with Crippen molar-refractivity contribution in [3.05, 3.63) is 63.0 Å². The van der Waals surface area contributed by atoms with Gasteiger partial charge in [-0.25, -0.2) is 0 Å². The van der Waals surface area contributed by atoms with E-state index in [9.17, 15) is 20.2 Å². The standard InChI is InChI=1S/C11H9N4O4/c12-8-2-1-5-13(7-8)10-4-3-9(14(16)17)6-11(10)15(18)19/h1-7H,12H2/q+1. The lowest BCUT2D eigenvalue weighted by molar-refractivity contribution is -0.600. The predicted octanol–water partition coefficient (Wildman–Crippen LogP) is 1.36. The van der Waals surface area contributed by atoms with Crippen molar-refractivity contribution in [2.75, 3.05) is 5.73 Å². The Balaban J connectivity index is 2.63. The number of hydrogen-bond acceptors (Lipinski definition) is 5. The van der Waals surface area contributed by atoms with E-state index >= 15 is 0 Å². The molecule has 0 saturated heterocycles. The predicted molar refractivity (Wildman–Crippen MR) is 65.7 cm³/mol. The number of anilines is 1. The molecule has 1 aromatic heterocycles. The van der Waals surface area contributed by atoms with Gasteiger partial charge in [0, 0.05) is 18.2 Å². The van der Waals surface area contributed by atoms with Crippen molar-refractivity contribution in [1.29, 1.82) is 0 Å². The maximum atomic E-state index is 11.0. The lowest BCUT2D eigenvalue weighted by atomic mass is 10.2. The summed E-state index contributed by atoms with van der Waals surface area (Å²) in [5, 5.41) is 21.6. The Bertz CT molecular complexity index is 671. The number of pyridine rings is 1. The normalized spacial score (nSPS) is 10.1. The summed E-state index contributed by atoms with van der Waals surface area (Å²) in [7, 11) is 0. The highest BCUT2D eigenvalue weighted by atomic mass is 16.6. The van der Waals surface area contributed by atoms with Crippen LogP contribution in [0.3, 0.4) is 0 Å². The van der Waals surface area contributed by atoms with Gasteiger partial charge in [0.1, 0.15) is 6.07 Å². The summed E-state index contributed by atoms with van der Waals surface area (Å²) in [6, 6.07) is 6.70. The third kappa shape index (κ3) is 2.46. The summed E-state index contributed by atoms with van der Waals surface area (Å²) < 4.78 is 1.44. The molecule has 2 aromatic rings. The largest absolute Gasteiger partial charge is 0.394 e. The molecular weight excluding hydrogens is 252 g/mol. The molecule has 0 aliphatic rings. The van der Waals surface area contributed by atoms with Crippen LogP contribution in [-0.4, -0.2) is 9.85 Å². The number of rotatable bonds is 3. The number of hydrogen-bond donors (Lipinski definition) is 1. The van der Waals surface area contributed by atoms with Gasteiger partial charge >= 0.3 is 5.69 Å². The van der Waals surface area contributed by atoms with Crippen molar-refractivity contribution in [3.8, 4) is 5.69 Å². The van der Waals surface area contributed by atoms with Crippen LogP contribution in [0.2, 0.25) is 0 Å².